The van der Waals surface area contributed by atoms with E-state index in [1.165, 1.54) is 12.8 Å². The molecule has 3 heterocycles. The first kappa shape index (κ1) is 21.2. The van der Waals surface area contributed by atoms with Crippen molar-refractivity contribution in [1.82, 2.24) is 9.80 Å². The monoisotopic (exact) mass is 431 g/mol. The van der Waals surface area contributed by atoms with Crippen LogP contribution >= 0.6 is 11.6 Å². The molecular formula is C23H30ClN3O3. The number of nitrogens with zero attached hydrogens (tertiary/aromatic N) is 3. The Balaban J connectivity index is 1.32. The summed E-state index contributed by atoms with van der Waals surface area (Å²) in [6.45, 7) is 3.31. The zero-order valence-corrected chi connectivity index (χ0v) is 18.1. The maximum absolute atomic E-state index is 13.1. The van der Waals surface area contributed by atoms with Crippen LogP contribution in [0.5, 0.6) is 0 Å². The summed E-state index contributed by atoms with van der Waals surface area (Å²) in [5.41, 5.74) is 0.668. The van der Waals surface area contributed by atoms with Gasteiger partial charge in [0.2, 0.25) is 17.7 Å². The van der Waals surface area contributed by atoms with Crippen molar-refractivity contribution in [3.8, 4) is 0 Å². The third-order valence-corrected chi connectivity index (χ3v) is 7.01. The Morgan fingerprint density at radius 3 is 2.10 bits per heavy atom. The number of anilines is 1. The van der Waals surface area contributed by atoms with E-state index in [0.717, 1.165) is 38.8 Å². The maximum Gasteiger partial charge on any atom is 0.228 e. The lowest BCUT2D eigenvalue weighted by molar-refractivity contribution is -0.142. The average molecular weight is 432 g/mol. The van der Waals surface area contributed by atoms with Crippen molar-refractivity contribution in [1.29, 1.82) is 0 Å². The second-order valence-corrected chi connectivity index (χ2v) is 9.10. The Morgan fingerprint density at radius 2 is 1.43 bits per heavy atom. The highest BCUT2D eigenvalue weighted by molar-refractivity contribution is 6.33. The van der Waals surface area contributed by atoms with E-state index in [-0.39, 0.29) is 36.0 Å². The number of benzene rings is 1. The summed E-state index contributed by atoms with van der Waals surface area (Å²) in [6.07, 6.45) is 6.27. The number of carbonyl (C=O) groups excluding carboxylic acids is 3. The van der Waals surface area contributed by atoms with Crippen molar-refractivity contribution in [2.24, 2.45) is 11.8 Å². The minimum absolute atomic E-state index is 0.0250. The number of carbonyl (C=O) groups is 3. The van der Waals surface area contributed by atoms with E-state index in [9.17, 15) is 14.4 Å². The molecule has 6 nitrogen and oxygen atoms in total. The summed E-state index contributed by atoms with van der Waals surface area (Å²) >= 11 is 6.24. The fraction of sp³-hybridized carbons (Fsp3) is 0.609. The first-order valence-corrected chi connectivity index (χ1v) is 11.5. The lowest BCUT2D eigenvalue weighted by atomic mass is 9.94. The topological polar surface area (TPSA) is 60.9 Å². The summed E-state index contributed by atoms with van der Waals surface area (Å²) in [5, 5.41) is 0.520. The number of hydrogen-bond donors (Lipinski definition) is 0. The Labute approximate surface area is 183 Å². The largest absolute Gasteiger partial charge is 0.342 e. The van der Waals surface area contributed by atoms with Crippen LogP contribution in [0.2, 0.25) is 5.02 Å². The van der Waals surface area contributed by atoms with Crippen molar-refractivity contribution >= 4 is 35.0 Å². The molecule has 0 radical (unpaired) electrons. The molecule has 3 aliphatic heterocycles. The van der Waals surface area contributed by atoms with Gasteiger partial charge in [-0.1, -0.05) is 36.6 Å². The molecule has 0 N–H and O–H groups in total. The summed E-state index contributed by atoms with van der Waals surface area (Å²) < 4.78 is 0. The normalized spacial score (nSPS) is 23.6. The Morgan fingerprint density at radius 1 is 0.833 bits per heavy atom. The van der Waals surface area contributed by atoms with Crippen LogP contribution in [0, 0.1) is 11.8 Å². The second-order valence-electron chi connectivity index (χ2n) is 8.70. The van der Waals surface area contributed by atoms with Gasteiger partial charge in [0, 0.05) is 45.1 Å². The molecule has 3 fully saturated rings. The number of para-hydroxylation sites is 1. The fourth-order valence-electron chi connectivity index (χ4n) is 4.93. The highest BCUT2D eigenvalue weighted by Gasteiger charge is 2.39. The van der Waals surface area contributed by atoms with Gasteiger partial charge in [0.1, 0.15) is 0 Å². The number of amides is 3. The van der Waals surface area contributed by atoms with E-state index in [0.29, 0.717) is 30.3 Å². The van der Waals surface area contributed by atoms with Crippen LogP contribution in [0.3, 0.4) is 0 Å². The van der Waals surface area contributed by atoms with Crippen LogP contribution in [-0.2, 0) is 14.4 Å². The molecule has 3 saturated heterocycles. The number of hydrogen-bond acceptors (Lipinski definition) is 3. The molecule has 3 aliphatic rings. The Bertz CT molecular complexity index is 799. The minimum Gasteiger partial charge on any atom is -0.342 e. The minimum atomic E-state index is -0.341. The molecule has 30 heavy (non-hydrogen) atoms. The van der Waals surface area contributed by atoms with Crippen LogP contribution in [-0.4, -0.2) is 60.2 Å². The molecule has 4 rings (SSSR count). The molecule has 162 valence electrons. The Hall–Kier alpha value is -2.08. The van der Waals surface area contributed by atoms with Gasteiger partial charge in [-0.25, -0.2) is 0 Å². The molecule has 0 unspecified atom stereocenters. The average Bonchev–Trinajstić information content (AvgIpc) is 2.97. The predicted molar refractivity (Wildman–Crippen MR) is 116 cm³/mol. The second kappa shape index (κ2) is 9.38. The van der Waals surface area contributed by atoms with Crippen LogP contribution in [0.15, 0.2) is 24.3 Å². The summed E-state index contributed by atoms with van der Waals surface area (Å²) in [7, 11) is 0. The van der Waals surface area contributed by atoms with Gasteiger partial charge in [-0.15, -0.1) is 0 Å². The third-order valence-electron chi connectivity index (χ3n) is 6.69. The first-order chi connectivity index (χ1) is 14.5. The number of likely N-dealkylation sites (tertiary alicyclic amines) is 2. The maximum atomic E-state index is 13.1. The molecule has 0 bridgehead atoms. The van der Waals surface area contributed by atoms with Crippen molar-refractivity contribution in [2.45, 2.75) is 44.9 Å². The molecule has 0 saturated carbocycles. The molecule has 1 atom stereocenters. The highest BCUT2D eigenvalue weighted by atomic mass is 35.5. The summed E-state index contributed by atoms with van der Waals surface area (Å²) in [5.74, 6) is -0.0835. The van der Waals surface area contributed by atoms with Crippen molar-refractivity contribution in [2.75, 3.05) is 37.6 Å². The lowest BCUT2D eigenvalue weighted by Crippen LogP contribution is -2.46. The zero-order chi connectivity index (χ0) is 21.1. The van der Waals surface area contributed by atoms with E-state index in [2.05, 4.69) is 0 Å². The molecule has 1 aromatic carbocycles. The summed E-state index contributed by atoms with van der Waals surface area (Å²) in [4.78, 5) is 43.9. The Kier molecular flexibility index (Phi) is 6.61. The van der Waals surface area contributed by atoms with Crippen molar-refractivity contribution in [3.05, 3.63) is 29.3 Å². The zero-order valence-electron chi connectivity index (χ0n) is 17.4. The fourth-order valence-corrected chi connectivity index (χ4v) is 5.17. The molecule has 7 heteroatoms. The van der Waals surface area contributed by atoms with Gasteiger partial charge in [-0.3, -0.25) is 14.4 Å². The molecule has 3 amide bonds. The predicted octanol–water partition coefficient (Wildman–Crippen LogP) is 3.33. The van der Waals surface area contributed by atoms with Gasteiger partial charge in [0.25, 0.3) is 0 Å². The summed E-state index contributed by atoms with van der Waals surface area (Å²) in [6, 6.07) is 7.24. The van der Waals surface area contributed by atoms with Crippen LogP contribution < -0.4 is 4.90 Å². The van der Waals surface area contributed by atoms with Gasteiger partial charge in [-0.2, -0.15) is 0 Å². The van der Waals surface area contributed by atoms with Crippen LogP contribution in [0.25, 0.3) is 0 Å². The highest BCUT2D eigenvalue weighted by Crippen LogP contribution is 2.32. The van der Waals surface area contributed by atoms with E-state index in [1.807, 2.05) is 28.0 Å². The SMILES string of the molecule is O=C(C1CCN(C(=O)[C@H]2CC(=O)N(c3ccccc3Cl)C2)CC1)N1CCCCCC1. The molecule has 0 aromatic heterocycles. The lowest BCUT2D eigenvalue weighted by Gasteiger charge is -2.35. The first-order valence-electron chi connectivity index (χ1n) is 11.2. The smallest absolute Gasteiger partial charge is 0.228 e. The van der Waals surface area contributed by atoms with Crippen molar-refractivity contribution in [3.63, 3.8) is 0 Å². The van der Waals surface area contributed by atoms with Gasteiger partial charge < -0.3 is 14.7 Å². The van der Waals surface area contributed by atoms with Crippen LogP contribution in [0.1, 0.15) is 44.9 Å². The van der Waals surface area contributed by atoms with Crippen molar-refractivity contribution < 1.29 is 14.4 Å². The number of rotatable bonds is 3. The molecule has 1 aromatic rings. The number of piperidine rings is 1. The third kappa shape index (κ3) is 4.48. The molecule has 0 aliphatic carbocycles. The van der Waals surface area contributed by atoms with Gasteiger partial charge in [0.15, 0.2) is 0 Å². The van der Waals surface area contributed by atoms with E-state index in [4.69, 9.17) is 11.6 Å². The van der Waals surface area contributed by atoms with E-state index < -0.39 is 0 Å². The molecular weight excluding hydrogens is 402 g/mol. The van der Waals surface area contributed by atoms with Crippen LogP contribution in [0.4, 0.5) is 5.69 Å². The van der Waals surface area contributed by atoms with Gasteiger partial charge in [0.05, 0.1) is 16.6 Å². The van der Waals surface area contributed by atoms with Gasteiger partial charge >= 0.3 is 0 Å². The van der Waals surface area contributed by atoms with E-state index in [1.54, 1.807) is 11.0 Å². The number of halogens is 1. The van der Waals surface area contributed by atoms with Gasteiger partial charge in [-0.05, 0) is 37.8 Å². The standard InChI is InChI=1S/C23H30ClN3O3/c24-19-7-3-4-8-20(19)27-16-18(15-21(27)28)23(30)26-13-9-17(10-14-26)22(29)25-11-5-1-2-6-12-25/h3-4,7-8,17-18H,1-2,5-6,9-16H2/t18-/m0/s1. The molecule has 0 spiro atoms. The quantitative estimate of drug-likeness (QED) is 0.737. The van der Waals surface area contributed by atoms with E-state index >= 15 is 0 Å².